The number of β-amino-alcohol motifs (C(OH)–C–C–N with tert-alkyl or cyclic N) is 3. The second kappa shape index (κ2) is 17.4. The van der Waals surface area contributed by atoms with Crippen LogP contribution in [0.5, 0.6) is 0 Å². The van der Waals surface area contributed by atoms with Crippen LogP contribution in [0.1, 0.15) is 41.5 Å². The number of aliphatic hydroxyl groups is 3. The van der Waals surface area contributed by atoms with Crippen molar-refractivity contribution in [2.45, 2.75) is 59.9 Å². The molecule has 3 N–H and O–H groups in total. The number of hydrogen-bond donors (Lipinski definition) is 3. The van der Waals surface area contributed by atoms with E-state index in [4.69, 9.17) is 15.3 Å². The number of aliphatic hydroxyl groups excluding tert-OH is 3. The Balaban J connectivity index is -0.000000908. The van der Waals surface area contributed by atoms with Gasteiger partial charge in [0.05, 0.1) is 23.4 Å². The Kier molecular flexibility index (Phi) is 19.2. The Labute approximate surface area is 236 Å². The minimum absolute atomic E-state index is 0. The van der Waals surface area contributed by atoms with Crippen LogP contribution in [-0.2, 0) is 16.5 Å². The Morgan fingerprint density at radius 1 is 0.615 bits per heavy atom. The van der Waals surface area contributed by atoms with Crippen LogP contribution in [0, 0.1) is 33.1 Å². The molecule has 1 fully saturated rings. The molecule has 39 heavy (non-hydrogen) atoms. The zero-order valence-electron chi connectivity index (χ0n) is 23.2. The quantitative estimate of drug-likeness (QED) is 0.111. The zero-order chi connectivity index (χ0) is 30.5. The largest absolute Gasteiger partial charge is 2.00 e. The van der Waals surface area contributed by atoms with Gasteiger partial charge in [-0.2, -0.15) is 0 Å². The van der Waals surface area contributed by atoms with Crippen molar-refractivity contribution in [1.29, 1.82) is 0 Å². The Morgan fingerprint density at radius 2 is 0.744 bits per heavy atom. The average molecular weight is 653 g/mol. The standard InChI is InChI=1S/C21H45N3O3.F6P.NO3.Ni/c1-16(2)19(25)13-22-7-9-23(14-20(26)17(3)4)11-12-24(10-8-22)15-21(27)18(5)6;1-7(2,3,4,5)6;2-1(3)4;/h16-21,25-27H,7-15H2,1-6H3;;;/q;2*-1;+2/t19-,20-,21-;;;/m0.../s1. The second-order valence-electron chi connectivity index (χ2n) is 10.5. The molecule has 0 aliphatic carbocycles. The van der Waals surface area contributed by atoms with Crippen LogP contribution < -0.4 is 0 Å². The van der Waals surface area contributed by atoms with E-state index in [1.165, 1.54) is 0 Å². The zero-order valence-corrected chi connectivity index (χ0v) is 25.1. The molecule has 0 unspecified atom stereocenters. The Bertz CT molecular complexity index is 598. The van der Waals surface area contributed by atoms with E-state index in [0.29, 0.717) is 19.6 Å². The fraction of sp³-hybridized carbons (Fsp3) is 1.00. The summed E-state index contributed by atoms with van der Waals surface area (Å²) >= 11 is 0. The monoisotopic (exact) mass is 652 g/mol. The van der Waals surface area contributed by atoms with Gasteiger partial charge in [0.2, 0.25) is 0 Å². The molecule has 1 aliphatic heterocycles. The maximum absolute atomic E-state index is 10.7. The minimum atomic E-state index is -10.7. The number of hydrogen-bond acceptors (Lipinski definition) is 9. The third-order valence-electron chi connectivity index (χ3n) is 5.84. The first-order valence-corrected chi connectivity index (χ1v) is 14.4. The third-order valence-corrected chi connectivity index (χ3v) is 5.84. The van der Waals surface area contributed by atoms with Gasteiger partial charge < -0.3 is 30.6 Å². The summed E-state index contributed by atoms with van der Waals surface area (Å²) < 4.78 is 59.2. The Morgan fingerprint density at radius 3 is 0.846 bits per heavy atom. The maximum Gasteiger partial charge on any atom is 2.00 e. The topological polar surface area (TPSA) is 137 Å². The third kappa shape index (κ3) is 31.8. The molecule has 3 atom stereocenters. The van der Waals surface area contributed by atoms with Crippen LogP contribution in [0.25, 0.3) is 0 Å². The molecular weight excluding hydrogens is 608 g/mol. The minimum Gasteiger partial charge on any atom is -0.356 e. The van der Waals surface area contributed by atoms with Gasteiger partial charge in [-0.1, -0.05) is 41.5 Å². The van der Waals surface area contributed by atoms with E-state index < -0.39 is 12.9 Å². The molecule has 1 saturated heterocycles. The van der Waals surface area contributed by atoms with E-state index in [-0.39, 0.29) is 52.6 Å². The van der Waals surface area contributed by atoms with Crippen molar-refractivity contribution >= 4 is 7.81 Å². The molecule has 0 radical (unpaired) electrons. The molecule has 18 heteroatoms. The smallest absolute Gasteiger partial charge is 0.356 e. The van der Waals surface area contributed by atoms with Gasteiger partial charge in [0, 0.05) is 58.9 Å². The summed E-state index contributed by atoms with van der Waals surface area (Å²) in [7, 11) is -10.7. The van der Waals surface area contributed by atoms with E-state index in [1.807, 2.05) is 0 Å². The summed E-state index contributed by atoms with van der Waals surface area (Å²) in [6, 6.07) is 0. The van der Waals surface area contributed by atoms with Crippen molar-refractivity contribution < 1.29 is 62.1 Å². The summed E-state index contributed by atoms with van der Waals surface area (Å²) in [6.07, 6.45) is -0.972. The van der Waals surface area contributed by atoms with Crippen molar-refractivity contribution in [1.82, 2.24) is 14.7 Å². The van der Waals surface area contributed by atoms with Crippen molar-refractivity contribution in [2.24, 2.45) is 17.8 Å². The first-order chi connectivity index (χ1) is 16.8. The molecule has 1 rings (SSSR count). The average Bonchev–Trinajstić information content (AvgIpc) is 2.77. The van der Waals surface area contributed by atoms with Crippen LogP contribution >= 0.6 is 7.81 Å². The van der Waals surface area contributed by atoms with Gasteiger partial charge >= 0.3 is 49.5 Å². The molecule has 0 saturated carbocycles. The molecular formula is C21H45F6N4NiO6P. The normalized spacial score (nSPS) is 20.5. The van der Waals surface area contributed by atoms with Crippen molar-refractivity contribution in [3.05, 3.63) is 15.3 Å². The van der Waals surface area contributed by atoms with Gasteiger partial charge in [0.1, 0.15) is 0 Å². The van der Waals surface area contributed by atoms with Crippen molar-refractivity contribution in [3.63, 3.8) is 0 Å². The summed E-state index contributed by atoms with van der Waals surface area (Å²) in [5, 5.41) is 45.7. The van der Waals surface area contributed by atoms with Crippen molar-refractivity contribution in [3.8, 4) is 0 Å². The van der Waals surface area contributed by atoms with Gasteiger partial charge in [-0.15, -0.1) is 0 Å². The number of rotatable bonds is 9. The van der Waals surface area contributed by atoms with Crippen LogP contribution in [0.3, 0.4) is 0 Å². The van der Waals surface area contributed by atoms with Gasteiger partial charge in [0.25, 0.3) is 0 Å². The summed E-state index contributed by atoms with van der Waals surface area (Å²) in [4.78, 5) is 15.2. The fourth-order valence-corrected chi connectivity index (χ4v) is 3.16. The van der Waals surface area contributed by atoms with E-state index >= 15 is 0 Å². The number of nitrogens with zero attached hydrogens (tertiary/aromatic N) is 4. The molecule has 10 nitrogen and oxygen atoms in total. The first-order valence-electron chi connectivity index (χ1n) is 12.4. The fourth-order valence-electron chi connectivity index (χ4n) is 3.16. The van der Waals surface area contributed by atoms with Crippen LogP contribution in [0.15, 0.2) is 0 Å². The van der Waals surface area contributed by atoms with Crippen LogP contribution in [0.2, 0.25) is 0 Å². The number of halogens is 6. The van der Waals surface area contributed by atoms with E-state index in [1.54, 1.807) is 0 Å². The van der Waals surface area contributed by atoms with Crippen molar-refractivity contribution in [2.75, 3.05) is 58.9 Å². The maximum atomic E-state index is 10.3. The molecule has 242 valence electrons. The molecule has 1 heterocycles. The van der Waals surface area contributed by atoms with Gasteiger partial charge in [-0.3, -0.25) is 14.7 Å². The summed E-state index contributed by atoms with van der Waals surface area (Å²) in [6.45, 7) is 19.7. The SMILES string of the molecule is CC(C)[C@@H](O)CN1CCN(C[C@H](O)C(C)C)CCN(C[C@H](O)C(C)C)CC1.F[P-](F)(F)(F)(F)F.O=[N+]([O-])[O-].[Ni+2]. The van der Waals surface area contributed by atoms with Gasteiger partial charge in [0.15, 0.2) is 0 Å². The molecule has 0 bridgehead atoms. The second-order valence-corrected chi connectivity index (χ2v) is 12.4. The summed E-state index contributed by atoms with van der Waals surface area (Å²) in [5.74, 6) is 0.737. The molecule has 1 aliphatic rings. The summed E-state index contributed by atoms with van der Waals surface area (Å²) in [5.41, 5.74) is 0. The van der Waals surface area contributed by atoms with E-state index in [0.717, 1.165) is 39.3 Å². The van der Waals surface area contributed by atoms with Gasteiger partial charge in [-0.05, 0) is 17.8 Å². The predicted octanol–water partition coefficient (Wildman–Crippen LogP) is 4.10. The molecule has 0 amide bonds. The van der Waals surface area contributed by atoms with E-state index in [2.05, 4.69) is 56.2 Å². The van der Waals surface area contributed by atoms with Crippen LogP contribution in [0.4, 0.5) is 25.2 Å². The molecule has 0 aromatic heterocycles. The van der Waals surface area contributed by atoms with E-state index in [9.17, 15) is 40.5 Å². The molecule has 0 spiro atoms. The van der Waals surface area contributed by atoms with Crippen LogP contribution in [-0.4, -0.2) is 112 Å². The first kappa shape index (κ1) is 42.9. The predicted molar refractivity (Wildman–Crippen MR) is 136 cm³/mol. The Hall–Kier alpha value is -0.536. The molecule has 0 aromatic rings. The van der Waals surface area contributed by atoms with Gasteiger partial charge in [-0.25, -0.2) is 0 Å². The molecule has 0 aromatic carbocycles.